The first kappa shape index (κ1) is 17.8. The molecule has 1 aliphatic heterocycles. The Hall–Kier alpha value is -0.240. The van der Waals surface area contributed by atoms with Crippen LogP contribution in [-0.2, 0) is 18.9 Å². The van der Waals surface area contributed by atoms with Crippen LogP contribution in [0.4, 0.5) is 0 Å². The quantitative estimate of drug-likeness (QED) is 0.732. The van der Waals surface area contributed by atoms with Gasteiger partial charge in [-0.2, -0.15) is 0 Å². The third-order valence-corrected chi connectivity index (χ3v) is 3.14. The SMILES string of the molecule is CCN1CCOCCOCCNCCOCCOCC1. The van der Waals surface area contributed by atoms with E-state index < -0.39 is 0 Å². The number of nitrogens with one attached hydrogen (secondary N) is 1. The van der Waals surface area contributed by atoms with Crippen LogP contribution in [-0.4, -0.2) is 90.5 Å². The molecule has 1 fully saturated rings. The van der Waals surface area contributed by atoms with Crippen molar-refractivity contribution in [3.63, 3.8) is 0 Å². The second-order valence-electron chi connectivity index (χ2n) is 4.63. The summed E-state index contributed by atoms with van der Waals surface area (Å²) < 4.78 is 22.1. The summed E-state index contributed by atoms with van der Waals surface area (Å²) in [6, 6.07) is 0. The van der Waals surface area contributed by atoms with E-state index in [1.165, 1.54) is 0 Å². The lowest BCUT2D eigenvalue weighted by molar-refractivity contribution is 0.0215. The number of hydrogen-bond donors (Lipinski definition) is 1. The molecule has 0 spiro atoms. The van der Waals surface area contributed by atoms with Crippen molar-refractivity contribution in [3.8, 4) is 0 Å². The van der Waals surface area contributed by atoms with Gasteiger partial charge in [0.25, 0.3) is 0 Å². The third kappa shape index (κ3) is 10.5. The lowest BCUT2D eigenvalue weighted by Crippen LogP contribution is -2.31. The summed E-state index contributed by atoms with van der Waals surface area (Å²) in [5, 5.41) is 3.26. The topological polar surface area (TPSA) is 52.2 Å². The highest BCUT2D eigenvalue weighted by atomic mass is 16.5. The van der Waals surface area contributed by atoms with E-state index in [1.54, 1.807) is 0 Å². The summed E-state index contributed by atoms with van der Waals surface area (Å²) in [4.78, 5) is 2.33. The van der Waals surface area contributed by atoms with Gasteiger partial charge in [0, 0.05) is 26.2 Å². The fourth-order valence-corrected chi connectivity index (χ4v) is 1.87. The smallest absolute Gasteiger partial charge is 0.0701 e. The Morgan fingerprint density at radius 3 is 1.60 bits per heavy atom. The Bertz CT molecular complexity index is 190. The molecule has 0 aromatic rings. The number of ether oxygens (including phenoxy) is 4. The van der Waals surface area contributed by atoms with E-state index in [4.69, 9.17) is 18.9 Å². The first-order chi connectivity index (χ1) is 9.93. The monoisotopic (exact) mass is 290 g/mol. The second-order valence-corrected chi connectivity index (χ2v) is 4.63. The Labute approximate surface area is 122 Å². The molecule has 0 aromatic heterocycles. The molecule has 0 unspecified atom stereocenters. The molecular formula is C14H30N2O4. The maximum absolute atomic E-state index is 5.56. The van der Waals surface area contributed by atoms with E-state index in [0.717, 1.165) is 45.9 Å². The van der Waals surface area contributed by atoms with E-state index in [2.05, 4.69) is 17.1 Å². The van der Waals surface area contributed by atoms with Crippen LogP contribution in [0, 0.1) is 0 Å². The molecule has 1 N–H and O–H groups in total. The number of rotatable bonds is 1. The Kier molecular flexibility index (Phi) is 12.2. The van der Waals surface area contributed by atoms with Gasteiger partial charge >= 0.3 is 0 Å². The summed E-state index contributed by atoms with van der Waals surface area (Å²) >= 11 is 0. The van der Waals surface area contributed by atoms with Crippen molar-refractivity contribution >= 4 is 0 Å². The van der Waals surface area contributed by atoms with Crippen molar-refractivity contribution in [2.45, 2.75) is 6.92 Å². The summed E-state index contributed by atoms with van der Waals surface area (Å²) in [5.41, 5.74) is 0. The fraction of sp³-hybridized carbons (Fsp3) is 1.00. The molecule has 1 heterocycles. The molecule has 1 aliphatic rings. The molecule has 0 bridgehead atoms. The molecule has 6 heteroatoms. The predicted molar refractivity (Wildman–Crippen MR) is 78.3 cm³/mol. The highest BCUT2D eigenvalue weighted by Gasteiger charge is 2.02. The van der Waals surface area contributed by atoms with Crippen molar-refractivity contribution in [1.82, 2.24) is 10.2 Å². The van der Waals surface area contributed by atoms with Gasteiger partial charge in [0.2, 0.25) is 0 Å². The largest absolute Gasteiger partial charge is 0.378 e. The Morgan fingerprint density at radius 2 is 1.15 bits per heavy atom. The summed E-state index contributed by atoms with van der Waals surface area (Å²) in [6.45, 7) is 12.3. The van der Waals surface area contributed by atoms with Gasteiger partial charge in [-0.05, 0) is 6.54 Å². The van der Waals surface area contributed by atoms with Crippen LogP contribution in [0.15, 0.2) is 0 Å². The predicted octanol–water partition coefficient (Wildman–Crippen LogP) is -0.0221. The van der Waals surface area contributed by atoms with Gasteiger partial charge in [-0.3, -0.25) is 4.90 Å². The first-order valence-corrected chi connectivity index (χ1v) is 7.67. The van der Waals surface area contributed by atoms with Crippen LogP contribution in [0.1, 0.15) is 6.92 Å². The molecule has 0 aromatic carbocycles. The van der Waals surface area contributed by atoms with Crippen LogP contribution in [0.25, 0.3) is 0 Å². The lowest BCUT2D eigenvalue weighted by atomic mass is 10.5. The first-order valence-electron chi connectivity index (χ1n) is 7.67. The molecule has 6 nitrogen and oxygen atoms in total. The molecular weight excluding hydrogens is 260 g/mol. The van der Waals surface area contributed by atoms with Gasteiger partial charge in [0.15, 0.2) is 0 Å². The van der Waals surface area contributed by atoms with Crippen LogP contribution >= 0.6 is 0 Å². The number of likely N-dealkylation sites (N-methyl/N-ethyl adjacent to an activating group) is 1. The van der Waals surface area contributed by atoms with Crippen molar-refractivity contribution < 1.29 is 18.9 Å². The van der Waals surface area contributed by atoms with Crippen LogP contribution in [0.2, 0.25) is 0 Å². The van der Waals surface area contributed by atoms with E-state index in [0.29, 0.717) is 39.6 Å². The fourth-order valence-electron chi connectivity index (χ4n) is 1.87. The molecule has 0 amide bonds. The summed E-state index contributed by atoms with van der Waals surface area (Å²) in [6.07, 6.45) is 0. The number of nitrogens with zero attached hydrogens (tertiary/aromatic N) is 1. The van der Waals surface area contributed by atoms with Gasteiger partial charge in [-0.15, -0.1) is 0 Å². The van der Waals surface area contributed by atoms with E-state index in [-0.39, 0.29) is 0 Å². The highest BCUT2D eigenvalue weighted by Crippen LogP contribution is 1.90. The van der Waals surface area contributed by atoms with Gasteiger partial charge in [-0.25, -0.2) is 0 Å². The molecule has 20 heavy (non-hydrogen) atoms. The van der Waals surface area contributed by atoms with Crippen LogP contribution in [0.3, 0.4) is 0 Å². The number of hydrogen-bond acceptors (Lipinski definition) is 6. The average molecular weight is 290 g/mol. The zero-order chi connectivity index (χ0) is 14.3. The van der Waals surface area contributed by atoms with E-state index in [9.17, 15) is 0 Å². The van der Waals surface area contributed by atoms with Gasteiger partial charge in [0.05, 0.1) is 52.9 Å². The average Bonchev–Trinajstić information content (AvgIpc) is 2.47. The van der Waals surface area contributed by atoms with Crippen molar-refractivity contribution in [3.05, 3.63) is 0 Å². The zero-order valence-corrected chi connectivity index (χ0v) is 12.8. The molecule has 1 rings (SSSR count). The van der Waals surface area contributed by atoms with E-state index in [1.807, 2.05) is 0 Å². The minimum atomic E-state index is 0.660. The molecule has 0 radical (unpaired) electrons. The van der Waals surface area contributed by atoms with Crippen LogP contribution < -0.4 is 5.32 Å². The zero-order valence-electron chi connectivity index (χ0n) is 12.8. The normalized spacial score (nSPS) is 23.9. The lowest BCUT2D eigenvalue weighted by Gasteiger charge is -2.20. The minimum Gasteiger partial charge on any atom is -0.378 e. The second kappa shape index (κ2) is 13.7. The highest BCUT2D eigenvalue weighted by molar-refractivity contribution is 4.54. The minimum absolute atomic E-state index is 0.660. The third-order valence-electron chi connectivity index (χ3n) is 3.14. The maximum Gasteiger partial charge on any atom is 0.0701 e. The van der Waals surface area contributed by atoms with Crippen molar-refractivity contribution in [2.75, 3.05) is 85.6 Å². The van der Waals surface area contributed by atoms with Crippen molar-refractivity contribution in [2.24, 2.45) is 0 Å². The molecule has 120 valence electrons. The molecule has 0 aliphatic carbocycles. The standard InChI is InChI=1S/C14H30N2O4/c1-2-16-5-9-19-13-11-17-7-3-15-4-8-18-12-14-20-10-6-16/h15H,2-14H2,1H3. The Morgan fingerprint density at radius 1 is 0.700 bits per heavy atom. The molecule has 0 atom stereocenters. The molecule has 0 saturated carbocycles. The van der Waals surface area contributed by atoms with Gasteiger partial charge in [-0.1, -0.05) is 6.92 Å². The van der Waals surface area contributed by atoms with Crippen molar-refractivity contribution in [1.29, 1.82) is 0 Å². The van der Waals surface area contributed by atoms with Crippen LogP contribution in [0.5, 0.6) is 0 Å². The van der Waals surface area contributed by atoms with Gasteiger partial charge in [0.1, 0.15) is 0 Å². The molecule has 1 saturated heterocycles. The maximum atomic E-state index is 5.56. The van der Waals surface area contributed by atoms with Gasteiger partial charge < -0.3 is 24.3 Å². The summed E-state index contributed by atoms with van der Waals surface area (Å²) in [5.74, 6) is 0. The van der Waals surface area contributed by atoms with E-state index >= 15 is 0 Å². The Balaban J connectivity index is 2.14. The summed E-state index contributed by atoms with van der Waals surface area (Å²) in [7, 11) is 0.